The van der Waals surface area contributed by atoms with Crippen LogP contribution in [0.5, 0.6) is 0 Å². The molecule has 68 heavy (non-hydrogen) atoms. The number of aromatic nitrogens is 2. The maximum Gasteiger partial charge on any atom is 0.160 e. The molecule has 0 unspecified atom stereocenters. The van der Waals surface area contributed by atoms with Crippen LogP contribution in [0.3, 0.4) is 0 Å². The van der Waals surface area contributed by atoms with Gasteiger partial charge >= 0.3 is 0 Å². The van der Waals surface area contributed by atoms with Crippen molar-refractivity contribution in [2.75, 3.05) is 0 Å². The molecule has 13 rings (SSSR count). The molecule has 2 heterocycles. The van der Waals surface area contributed by atoms with E-state index < -0.39 is 5.41 Å². The Morgan fingerprint density at radius 2 is 0.824 bits per heavy atom. The summed E-state index contributed by atoms with van der Waals surface area (Å²) >= 11 is 1.85. The van der Waals surface area contributed by atoms with E-state index in [0.717, 1.165) is 50.3 Å². The molecule has 0 amide bonds. The SMILES string of the molecule is c1ccc(-c2nc(-c3cc(-c4ccc5sc6ccccc6c5c4)cc(-c4ccccc4-c4ccccc4)c3)cc(-c3cccc4c3-c3ccccc3C4(c3ccccc3)c3ccccc3)n2)cc1. The van der Waals surface area contributed by atoms with E-state index in [-0.39, 0.29) is 0 Å². The second-order valence-corrected chi connectivity index (χ2v) is 18.7. The Bertz CT molecular complexity index is 3800. The number of thiophene rings is 1. The topological polar surface area (TPSA) is 25.8 Å². The lowest BCUT2D eigenvalue weighted by atomic mass is 9.67. The fourth-order valence-corrected chi connectivity index (χ4v) is 11.9. The van der Waals surface area contributed by atoms with Crippen LogP contribution in [0.2, 0.25) is 0 Å². The highest BCUT2D eigenvalue weighted by Crippen LogP contribution is 2.58. The van der Waals surface area contributed by atoms with E-state index in [1.54, 1.807) is 0 Å². The molecule has 2 aromatic heterocycles. The molecule has 3 heteroatoms. The standard InChI is InChI=1S/C65H42N2S/c1-5-20-43(21-6-1)51-28-13-14-29-52(51)47-38-46(45-36-37-62-56(41-45)53-30-16-18-35-61(53)68-62)39-48(40-47)59-42-60(67-64(66-59)44-22-7-2-8-23-44)55-32-19-34-58-63(55)54-31-15-17-33-57(54)65(58,49-24-9-3-10-25-49)50-26-11-4-12-27-50/h1-42H. The van der Waals surface area contributed by atoms with Crippen LogP contribution >= 0.6 is 11.3 Å². The van der Waals surface area contributed by atoms with Gasteiger partial charge in [-0.2, -0.15) is 0 Å². The van der Waals surface area contributed by atoms with Crippen LogP contribution in [0, 0.1) is 0 Å². The lowest BCUT2D eigenvalue weighted by Crippen LogP contribution is -2.28. The van der Waals surface area contributed by atoms with Crippen molar-refractivity contribution in [1.29, 1.82) is 0 Å². The minimum atomic E-state index is -0.535. The van der Waals surface area contributed by atoms with Gasteiger partial charge in [-0.1, -0.05) is 212 Å². The Morgan fingerprint density at radius 1 is 0.294 bits per heavy atom. The van der Waals surface area contributed by atoms with Crippen molar-refractivity contribution < 1.29 is 0 Å². The average Bonchev–Trinajstić information content (AvgIpc) is 3.95. The van der Waals surface area contributed by atoms with Gasteiger partial charge in [0.15, 0.2) is 5.82 Å². The van der Waals surface area contributed by atoms with Crippen LogP contribution in [-0.2, 0) is 5.41 Å². The number of fused-ring (bicyclic) bond motifs is 6. The van der Waals surface area contributed by atoms with Crippen molar-refractivity contribution in [2.45, 2.75) is 5.41 Å². The third kappa shape index (κ3) is 6.54. The first-order valence-corrected chi connectivity index (χ1v) is 24.0. The summed E-state index contributed by atoms with van der Waals surface area (Å²) in [6.45, 7) is 0. The first-order valence-electron chi connectivity index (χ1n) is 23.2. The number of rotatable bonds is 8. The molecule has 2 nitrogen and oxygen atoms in total. The van der Waals surface area contributed by atoms with Crippen LogP contribution in [0.25, 0.3) is 98.6 Å². The molecule has 10 aromatic carbocycles. The summed E-state index contributed by atoms with van der Waals surface area (Å²) in [5.41, 5.74) is 18.6. The van der Waals surface area contributed by atoms with Crippen molar-refractivity contribution in [2.24, 2.45) is 0 Å². The Labute approximate surface area is 400 Å². The molecule has 0 aliphatic heterocycles. The zero-order valence-electron chi connectivity index (χ0n) is 37.1. The number of nitrogens with zero attached hydrogens (tertiary/aromatic N) is 2. The van der Waals surface area contributed by atoms with Gasteiger partial charge in [-0.15, -0.1) is 11.3 Å². The summed E-state index contributed by atoms with van der Waals surface area (Å²) in [6.07, 6.45) is 0. The maximum absolute atomic E-state index is 5.51. The van der Waals surface area contributed by atoms with E-state index in [4.69, 9.17) is 9.97 Å². The summed E-state index contributed by atoms with van der Waals surface area (Å²) in [5.74, 6) is 0.683. The van der Waals surface area contributed by atoms with Gasteiger partial charge in [0.2, 0.25) is 0 Å². The largest absolute Gasteiger partial charge is 0.228 e. The minimum Gasteiger partial charge on any atom is -0.228 e. The second-order valence-electron chi connectivity index (χ2n) is 17.6. The highest BCUT2D eigenvalue weighted by Gasteiger charge is 2.46. The van der Waals surface area contributed by atoms with E-state index in [1.165, 1.54) is 64.7 Å². The fraction of sp³-hybridized carbons (Fsp3) is 0.0154. The normalized spacial score (nSPS) is 12.5. The van der Waals surface area contributed by atoms with E-state index in [0.29, 0.717) is 5.82 Å². The molecule has 318 valence electrons. The molecule has 0 spiro atoms. The van der Waals surface area contributed by atoms with Gasteiger partial charge in [0.1, 0.15) is 0 Å². The molecule has 0 saturated heterocycles. The molecule has 0 atom stereocenters. The van der Waals surface area contributed by atoms with Gasteiger partial charge in [0.05, 0.1) is 16.8 Å². The molecular weight excluding hydrogens is 841 g/mol. The van der Waals surface area contributed by atoms with Gasteiger partial charge in [-0.25, -0.2) is 9.97 Å². The van der Waals surface area contributed by atoms with Crippen molar-refractivity contribution in [1.82, 2.24) is 9.97 Å². The predicted molar refractivity (Wildman–Crippen MR) is 285 cm³/mol. The number of benzene rings is 10. The lowest BCUT2D eigenvalue weighted by Gasteiger charge is -2.33. The van der Waals surface area contributed by atoms with E-state index in [1.807, 2.05) is 11.3 Å². The zero-order valence-corrected chi connectivity index (χ0v) is 37.9. The van der Waals surface area contributed by atoms with Crippen molar-refractivity contribution >= 4 is 31.5 Å². The predicted octanol–water partition coefficient (Wildman–Crippen LogP) is 17.2. The highest BCUT2D eigenvalue weighted by atomic mass is 32.1. The minimum absolute atomic E-state index is 0.535. The zero-order chi connectivity index (χ0) is 45.0. The first kappa shape index (κ1) is 39.8. The monoisotopic (exact) mass is 882 g/mol. The van der Waals surface area contributed by atoms with Crippen LogP contribution in [0.15, 0.2) is 255 Å². The van der Waals surface area contributed by atoms with Gasteiger partial charge < -0.3 is 0 Å². The molecule has 0 saturated carbocycles. The molecular formula is C65H42N2S. The molecule has 0 fully saturated rings. The van der Waals surface area contributed by atoms with Crippen LogP contribution < -0.4 is 0 Å². The van der Waals surface area contributed by atoms with Crippen molar-refractivity contribution in [3.05, 3.63) is 277 Å². The molecule has 1 aliphatic rings. The van der Waals surface area contributed by atoms with Gasteiger partial charge in [0, 0.05) is 36.9 Å². The Balaban J connectivity index is 1.07. The van der Waals surface area contributed by atoms with Crippen molar-refractivity contribution in [3.63, 3.8) is 0 Å². The van der Waals surface area contributed by atoms with Crippen LogP contribution in [0.1, 0.15) is 22.3 Å². The van der Waals surface area contributed by atoms with Crippen molar-refractivity contribution in [3.8, 4) is 78.4 Å². The maximum atomic E-state index is 5.51. The molecule has 12 aromatic rings. The third-order valence-corrected chi connectivity index (χ3v) is 14.9. The summed E-state index contributed by atoms with van der Waals surface area (Å²) in [7, 11) is 0. The third-order valence-electron chi connectivity index (χ3n) is 13.8. The van der Waals surface area contributed by atoms with E-state index >= 15 is 0 Å². The smallest absolute Gasteiger partial charge is 0.160 e. The summed E-state index contributed by atoms with van der Waals surface area (Å²) < 4.78 is 2.59. The highest BCUT2D eigenvalue weighted by molar-refractivity contribution is 7.25. The Kier molecular flexibility index (Phi) is 9.62. The Morgan fingerprint density at radius 3 is 1.56 bits per heavy atom. The summed E-state index contributed by atoms with van der Waals surface area (Å²) in [5, 5.41) is 2.56. The molecule has 0 N–H and O–H groups in total. The van der Waals surface area contributed by atoms with E-state index in [9.17, 15) is 0 Å². The van der Waals surface area contributed by atoms with Gasteiger partial charge in [-0.05, 0) is 109 Å². The lowest BCUT2D eigenvalue weighted by molar-refractivity contribution is 0.768. The second kappa shape index (κ2) is 16.4. The summed E-state index contributed by atoms with van der Waals surface area (Å²) in [4.78, 5) is 11.0. The van der Waals surface area contributed by atoms with Crippen LogP contribution in [-0.4, -0.2) is 9.97 Å². The number of hydrogen-bond acceptors (Lipinski definition) is 3. The molecule has 1 aliphatic carbocycles. The van der Waals surface area contributed by atoms with Gasteiger partial charge in [0.25, 0.3) is 0 Å². The fourth-order valence-electron chi connectivity index (χ4n) is 10.8. The summed E-state index contributed by atoms with van der Waals surface area (Å²) in [6, 6.07) is 92.5. The number of hydrogen-bond donors (Lipinski definition) is 0. The Hall–Kier alpha value is -8.50. The molecule has 0 bridgehead atoms. The average molecular weight is 883 g/mol. The quantitative estimate of drug-likeness (QED) is 0.152. The van der Waals surface area contributed by atoms with Gasteiger partial charge in [-0.3, -0.25) is 0 Å². The molecule has 0 radical (unpaired) electrons. The first-order chi connectivity index (χ1) is 33.7. The van der Waals surface area contributed by atoms with Crippen LogP contribution in [0.4, 0.5) is 0 Å². The van der Waals surface area contributed by atoms with E-state index in [2.05, 4.69) is 255 Å².